The summed E-state index contributed by atoms with van der Waals surface area (Å²) in [7, 11) is 0. The van der Waals surface area contributed by atoms with Gasteiger partial charge in [-0.25, -0.2) is 4.68 Å². The largest absolute Gasteiger partial charge is 0.251 e. The number of pyridine rings is 1. The standard InChI is InChI=1S/C14H13ClN4/c1-10(15)14-9-19(18-17-14)8-12-7-6-11-4-2-3-5-13(11)16-12/h2-7,9-10H,8H2,1H3. The first-order valence-electron chi connectivity index (χ1n) is 6.11. The third kappa shape index (κ3) is 2.58. The van der Waals surface area contributed by atoms with Crippen molar-refractivity contribution in [1.29, 1.82) is 0 Å². The van der Waals surface area contributed by atoms with Crippen LogP contribution in [-0.4, -0.2) is 20.0 Å². The van der Waals surface area contributed by atoms with Crippen molar-refractivity contribution >= 4 is 22.5 Å². The maximum Gasteiger partial charge on any atom is 0.100 e. The molecule has 0 aliphatic carbocycles. The van der Waals surface area contributed by atoms with Gasteiger partial charge in [-0.2, -0.15) is 0 Å². The molecule has 0 aliphatic heterocycles. The Kier molecular flexibility index (Phi) is 3.17. The molecular formula is C14H13ClN4. The first kappa shape index (κ1) is 12.1. The first-order valence-corrected chi connectivity index (χ1v) is 6.55. The highest BCUT2D eigenvalue weighted by Crippen LogP contribution is 2.16. The molecule has 3 aromatic rings. The molecule has 0 amide bonds. The molecule has 4 nitrogen and oxygen atoms in total. The molecule has 96 valence electrons. The topological polar surface area (TPSA) is 43.6 Å². The van der Waals surface area contributed by atoms with Crippen LogP contribution in [0, 0.1) is 0 Å². The van der Waals surface area contributed by atoms with Crippen LogP contribution in [0.4, 0.5) is 0 Å². The van der Waals surface area contributed by atoms with E-state index in [1.807, 2.05) is 37.4 Å². The van der Waals surface area contributed by atoms with E-state index in [0.717, 1.165) is 22.3 Å². The van der Waals surface area contributed by atoms with Crippen LogP contribution < -0.4 is 0 Å². The zero-order valence-corrected chi connectivity index (χ0v) is 11.2. The van der Waals surface area contributed by atoms with Gasteiger partial charge >= 0.3 is 0 Å². The van der Waals surface area contributed by atoms with E-state index in [2.05, 4.69) is 27.4 Å². The average molecular weight is 273 g/mol. The molecule has 0 spiro atoms. The minimum absolute atomic E-state index is 0.127. The lowest BCUT2D eigenvalue weighted by Gasteiger charge is -2.02. The number of fused-ring (bicyclic) bond motifs is 1. The van der Waals surface area contributed by atoms with Crippen molar-refractivity contribution in [1.82, 2.24) is 20.0 Å². The van der Waals surface area contributed by atoms with Gasteiger partial charge in [0.05, 0.1) is 29.3 Å². The highest BCUT2D eigenvalue weighted by molar-refractivity contribution is 6.20. The van der Waals surface area contributed by atoms with E-state index in [4.69, 9.17) is 11.6 Å². The predicted molar refractivity (Wildman–Crippen MR) is 75.1 cm³/mol. The molecular weight excluding hydrogens is 260 g/mol. The predicted octanol–water partition coefficient (Wildman–Crippen LogP) is 3.17. The van der Waals surface area contributed by atoms with E-state index >= 15 is 0 Å². The Morgan fingerprint density at radius 1 is 1.21 bits per heavy atom. The number of rotatable bonds is 3. The van der Waals surface area contributed by atoms with Crippen LogP contribution in [-0.2, 0) is 6.54 Å². The number of aromatic nitrogens is 4. The molecule has 0 aliphatic rings. The number of halogens is 1. The lowest BCUT2D eigenvalue weighted by atomic mass is 10.2. The van der Waals surface area contributed by atoms with Crippen LogP contribution in [0.2, 0.25) is 0 Å². The van der Waals surface area contributed by atoms with Crippen LogP contribution in [0.3, 0.4) is 0 Å². The van der Waals surface area contributed by atoms with Crippen molar-refractivity contribution in [3.05, 3.63) is 54.0 Å². The van der Waals surface area contributed by atoms with Crippen molar-refractivity contribution in [2.75, 3.05) is 0 Å². The number of alkyl halides is 1. The molecule has 0 fully saturated rings. The highest BCUT2D eigenvalue weighted by Gasteiger charge is 2.07. The van der Waals surface area contributed by atoms with Crippen LogP contribution in [0.1, 0.15) is 23.7 Å². The molecule has 0 bridgehead atoms. The summed E-state index contributed by atoms with van der Waals surface area (Å²) in [6, 6.07) is 12.1. The molecule has 1 atom stereocenters. The Morgan fingerprint density at radius 2 is 2.05 bits per heavy atom. The van der Waals surface area contributed by atoms with Gasteiger partial charge in [-0.05, 0) is 19.1 Å². The van der Waals surface area contributed by atoms with E-state index in [-0.39, 0.29) is 5.38 Å². The quantitative estimate of drug-likeness (QED) is 0.688. The molecule has 2 aromatic heterocycles. The van der Waals surface area contributed by atoms with E-state index in [1.54, 1.807) is 4.68 Å². The second-order valence-corrected chi connectivity index (χ2v) is 5.11. The van der Waals surface area contributed by atoms with Crippen molar-refractivity contribution in [3.8, 4) is 0 Å². The normalized spacial score (nSPS) is 12.7. The van der Waals surface area contributed by atoms with Crippen molar-refractivity contribution in [2.24, 2.45) is 0 Å². The summed E-state index contributed by atoms with van der Waals surface area (Å²) in [5.74, 6) is 0. The fourth-order valence-electron chi connectivity index (χ4n) is 1.94. The fourth-order valence-corrected chi connectivity index (χ4v) is 2.04. The Bertz CT molecular complexity index is 705. The lowest BCUT2D eigenvalue weighted by molar-refractivity contribution is 0.640. The fraction of sp³-hybridized carbons (Fsp3) is 0.214. The third-order valence-electron chi connectivity index (χ3n) is 2.94. The van der Waals surface area contributed by atoms with Gasteiger partial charge in [0.15, 0.2) is 0 Å². The van der Waals surface area contributed by atoms with Gasteiger partial charge in [0, 0.05) is 5.39 Å². The number of hydrogen-bond donors (Lipinski definition) is 0. The molecule has 2 heterocycles. The maximum absolute atomic E-state index is 5.97. The molecule has 19 heavy (non-hydrogen) atoms. The number of hydrogen-bond acceptors (Lipinski definition) is 3. The smallest absolute Gasteiger partial charge is 0.100 e. The molecule has 1 unspecified atom stereocenters. The molecule has 0 radical (unpaired) electrons. The van der Waals surface area contributed by atoms with Gasteiger partial charge in [-0.1, -0.05) is 29.5 Å². The van der Waals surface area contributed by atoms with Crippen molar-refractivity contribution in [3.63, 3.8) is 0 Å². The monoisotopic (exact) mass is 272 g/mol. The van der Waals surface area contributed by atoms with Crippen LogP contribution >= 0.6 is 11.6 Å². The molecule has 0 saturated carbocycles. The van der Waals surface area contributed by atoms with Crippen LogP contribution in [0.15, 0.2) is 42.6 Å². The summed E-state index contributed by atoms with van der Waals surface area (Å²) >= 11 is 5.97. The first-order chi connectivity index (χ1) is 9.22. The molecule has 5 heteroatoms. The van der Waals surface area contributed by atoms with E-state index < -0.39 is 0 Å². The second kappa shape index (κ2) is 4.97. The van der Waals surface area contributed by atoms with Crippen LogP contribution in [0.5, 0.6) is 0 Å². The van der Waals surface area contributed by atoms with Gasteiger partial charge in [0.1, 0.15) is 5.69 Å². The minimum Gasteiger partial charge on any atom is -0.251 e. The van der Waals surface area contributed by atoms with E-state index in [9.17, 15) is 0 Å². The lowest BCUT2D eigenvalue weighted by Crippen LogP contribution is -2.02. The maximum atomic E-state index is 5.97. The summed E-state index contributed by atoms with van der Waals surface area (Å²) in [6.07, 6.45) is 1.86. The SMILES string of the molecule is CC(Cl)c1cn(Cc2ccc3ccccc3n2)nn1. The Morgan fingerprint density at radius 3 is 2.84 bits per heavy atom. The van der Waals surface area contributed by atoms with Crippen LogP contribution in [0.25, 0.3) is 10.9 Å². The summed E-state index contributed by atoms with van der Waals surface area (Å²) in [4.78, 5) is 4.60. The molecule has 1 aromatic carbocycles. The highest BCUT2D eigenvalue weighted by atomic mass is 35.5. The zero-order valence-electron chi connectivity index (χ0n) is 10.5. The Balaban J connectivity index is 1.87. The van der Waals surface area contributed by atoms with Gasteiger partial charge in [0.2, 0.25) is 0 Å². The summed E-state index contributed by atoms with van der Waals surface area (Å²) in [5.41, 5.74) is 2.73. The minimum atomic E-state index is -0.127. The zero-order chi connectivity index (χ0) is 13.2. The summed E-state index contributed by atoms with van der Waals surface area (Å²) in [6.45, 7) is 2.48. The van der Waals surface area contributed by atoms with Gasteiger partial charge < -0.3 is 0 Å². The molecule has 3 rings (SSSR count). The van der Waals surface area contributed by atoms with Gasteiger partial charge in [-0.3, -0.25) is 4.98 Å². The van der Waals surface area contributed by atoms with E-state index in [0.29, 0.717) is 6.54 Å². The molecule has 0 N–H and O–H groups in total. The number of para-hydroxylation sites is 1. The Hall–Kier alpha value is -1.94. The average Bonchev–Trinajstić information content (AvgIpc) is 2.87. The Labute approximate surface area is 116 Å². The number of benzene rings is 1. The van der Waals surface area contributed by atoms with Gasteiger partial charge in [-0.15, -0.1) is 16.7 Å². The number of nitrogens with zero attached hydrogens (tertiary/aromatic N) is 4. The molecule has 0 saturated heterocycles. The van der Waals surface area contributed by atoms with Crippen molar-refractivity contribution in [2.45, 2.75) is 18.8 Å². The third-order valence-corrected chi connectivity index (χ3v) is 3.17. The summed E-state index contributed by atoms with van der Waals surface area (Å²) < 4.78 is 1.76. The van der Waals surface area contributed by atoms with Crippen molar-refractivity contribution < 1.29 is 0 Å². The second-order valence-electron chi connectivity index (χ2n) is 4.45. The van der Waals surface area contributed by atoms with E-state index in [1.165, 1.54) is 0 Å². The van der Waals surface area contributed by atoms with Gasteiger partial charge in [0.25, 0.3) is 0 Å². The summed E-state index contributed by atoms with van der Waals surface area (Å²) in [5, 5.41) is 9.09.